The van der Waals surface area contributed by atoms with Gasteiger partial charge in [0.25, 0.3) is 5.91 Å². The number of piperazine rings is 1. The van der Waals surface area contributed by atoms with E-state index in [4.69, 9.17) is 0 Å². The molecule has 4 rings (SSSR count). The van der Waals surface area contributed by atoms with Crippen LogP contribution in [0.4, 0.5) is 13.2 Å². The number of aryl methyl sites for hydroxylation is 1. The van der Waals surface area contributed by atoms with E-state index in [0.717, 1.165) is 25.2 Å². The Labute approximate surface area is 174 Å². The molecule has 1 amide bonds. The number of alkyl halides is 3. The first-order valence-electron chi connectivity index (χ1n) is 10.5. The van der Waals surface area contributed by atoms with Gasteiger partial charge in [-0.3, -0.25) is 9.69 Å². The normalized spacial score (nSPS) is 18.9. The van der Waals surface area contributed by atoms with Gasteiger partial charge in [0.15, 0.2) is 0 Å². The molecule has 0 atom stereocenters. The van der Waals surface area contributed by atoms with Crippen LogP contribution in [-0.4, -0.2) is 57.7 Å². The summed E-state index contributed by atoms with van der Waals surface area (Å²) in [5.74, 6) is -0.0886. The van der Waals surface area contributed by atoms with Gasteiger partial charge in [-0.05, 0) is 44.9 Å². The predicted molar refractivity (Wildman–Crippen MR) is 108 cm³/mol. The van der Waals surface area contributed by atoms with Crippen molar-refractivity contribution in [3.8, 4) is 5.69 Å². The molecular weight excluding hydrogens is 393 g/mol. The zero-order valence-corrected chi connectivity index (χ0v) is 17.4. The zero-order valence-electron chi connectivity index (χ0n) is 17.4. The van der Waals surface area contributed by atoms with Crippen molar-refractivity contribution in [3.63, 3.8) is 0 Å². The van der Waals surface area contributed by atoms with Gasteiger partial charge in [-0.25, -0.2) is 4.68 Å². The lowest BCUT2D eigenvalue weighted by molar-refractivity contribution is -0.137. The number of carbonyl (C=O) groups excluding carboxylic acids is 1. The van der Waals surface area contributed by atoms with Crippen molar-refractivity contribution in [2.24, 2.45) is 0 Å². The summed E-state index contributed by atoms with van der Waals surface area (Å²) in [7, 11) is 0. The number of hydrogen-bond donors (Lipinski definition) is 0. The summed E-state index contributed by atoms with van der Waals surface area (Å²) in [4.78, 5) is 17.5. The highest BCUT2D eigenvalue weighted by atomic mass is 19.4. The maximum atomic E-state index is 13.2. The minimum atomic E-state index is -4.43. The SMILES string of the molecule is Cc1nn(-c2cccc(C(F)(F)F)c2)c(C)c1C(=O)N1CCN(C2CCCC2)CC1. The fourth-order valence-electron chi connectivity index (χ4n) is 4.74. The number of hydrogen-bond acceptors (Lipinski definition) is 3. The van der Waals surface area contributed by atoms with Crippen molar-refractivity contribution >= 4 is 5.91 Å². The monoisotopic (exact) mass is 420 g/mol. The van der Waals surface area contributed by atoms with E-state index in [2.05, 4.69) is 10.00 Å². The maximum Gasteiger partial charge on any atom is 0.416 e. The molecule has 2 aromatic rings. The third-order valence-corrected chi connectivity index (χ3v) is 6.37. The summed E-state index contributed by atoms with van der Waals surface area (Å²) >= 11 is 0. The Bertz CT molecular complexity index is 923. The number of carbonyl (C=O) groups is 1. The van der Waals surface area contributed by atoms with Gasteiger partial charge in [-0.1, -0.05) is 18.9 Å². The summed E-state index contributed by atoms with van der Waals surface area (Å²) in [6, 6.07) is 5.68. The number of rotatable bonds is 3. The number of benzene rings is 1. The molecule has 2 heterocycles. The van der Waals surface area contributed by atoms with Crippen LogP contribution in [0.3, 0.4) is 0 Å². The minimum Gasteiger partial charge on any atom is -0.336 e. The maximum absolute atomic E-state index is 13.2. The van der Waals surface area contributed by atoms with Gasteiger partial charge >= 0.3 is 6.18 Å². The van der Waals surface area contributed by atoms with Gasteiger partial charge in [0.05, 0.1) is 28.2 Å². The van der Waals surface area contributed by atoms with Gasteiger partial charge in [0.1, 0.15) is 0 Å². The molecule has 5 nitrogen and oxygen atoms in total. The third kappa shape index (κ3) is 3.97. The van der Waals surface area contributed by atoms with Crippen LogP contribution in [0.15, 0.2) is 24.3 Å². The molecule has 0 radical (unpaired) electrons. The molecule has 1 saturated heterocycles. The van der Waals surface area contributed by atoms with Crippen LogP contribution < -0.4 is 0 Å². The van der Waals surface area contributed by atoms with E-state index in [0.29, 0.717) is 41.8 Å². The molecule has 0 spiro atoms. The number of nitrogens with zero attached hydrogens (tertiary/aromatic N) is 4. The van der Waals surface area contributed by atoms with Crippen LogP contribution in [0.2, 0.25) is 0 Å². The largest absolute Gasteiger partial charge is 0.416 e. The van der Waals surface area contributed by atoms with Gasteiger partial charge in [-0.2, -0.15) is 18.3 Å². The van der Waals surface area contributed by atoms with E-state index >= 15 is 0 Å². The van der Waals surface area contributed by atoms with E-state index in [1.165, 1.54) is 36.4 Å². The molecule has 2 fully saturated rings. The van der Waals surface area contributed by atoms with Crippen molar-refractivity contribution in [1.82, 2.24) is 19.6 Å². The van der Waals surface area contributed by atoms with Gasteiger partial charge < -0.3 is 4.90 Å². The number of halogens is 3. The second-order valence-corrected chi connectivity index (χ2v) is 8.27. The molecule has 162 valence electrons. The number of amides is 1. The molecular formula is C22H27F3N4O. The average Bonchev–Trinajstić information content (AvgIpc) is 3.35. The molecule has 30 heavy (non-hydrogen) atoms. The first-order valence-corrected chi connectivity index (χ1v) is 10.5. The molecule has 1 saturated carbocycles. The fraction of sp³-hybridized carbons (Fsp3) is 0.545. The Hall–Kier alpha value is -2.35. The molecule has 8 heteroatoms. The van der Waals surface area contributed by atoms with E-state index in [1.807, 2.05) is 4.90 Å². The predicted octanol–water partition coefficient (Wildman–Crippen LogP) is 4.21. The Morgan fingerprint density at radius 2 is 1.73 bits per heavy atom. The van der Waals surface area contributed by atoms with E-state index in [-0.39, 0.29) is 5.91 Å². The third-order valence-electron chi connectivity index (χ3n) is 6.37. The number of aromatic nitrogens is 2. The lowest BCUT2D eigenvalue weighted by Crippen LogP contribution is -2.51. The van der Waals surface area contributed by atoms with Crippen molar-refractivity contribution < 1.29 is 18.0 Å². The van der Waals surface area contributed by atoms with E-state index in [1.54, 1.807) is 19.9 Å². The summed E-state index contributed by atoms with van der Waals surface area (Å²) in [6.07, 6.45) is 0.642. The summed E-state index contributed by atoms with van der Waals surface area (Å²) in [6.45, 7) is 6.56. The van der Waals surface area contributed by atoms with Crippen molar-refractivity contribution in [2.45, 2.75) is 51.7 Å². The standard InChI is InChI=1S/C22H27F3N4O/c1-15-20(21(30)28-12-10-27(11-13-28)18-7-3-4-8-18)16(2)29(26-15)19-9-5-6-17(14-19)22(23,24)25/h5-6,9,14,18H,3-4,7-8,10-13H2,1-2H3. The van der Waals surface area contributed by atoms with E-state index < -0.39 is 11.7 Å². The summed E-state index contributed by atoms with van der Waals surface area (Å²) in [5.41, 5.74) is 1.16. The Balaban J connectivity index is 1.53. The second-order valence-electron chi connectivity index (χ2n) is 8.27. The van der Waals surface area contributed by atoms with Crippen LogP contribution in [0.1, 0.15) is 53.0 Å². The van der Waals surface area contributed by atoms with Crippen LogP contribution in [0, 0.1) is 13.8 Å². The molecule has 1 aromatic carbocycles. The fourth-order valence-corrected chi connectivity index (χ4v) is 4.74. The van der Waals surface area contributed by atoms with Crippen LogP contribution >= 0.6 is 0 Å². The molecule has 1 aliphatic carbocycles. The van der Waals surface area contributed by atoms with Gasteiger partial charge in [0.2, 0.25) is 0 Å². The highest BCUT2D eigenvalue weighted by molar-refractivity contribution is 5.96. The highest BCUT2D eigenvalue weighted by Gasteiger charge is 2.32. The first kappa shape index (κ1) is 20.9. The van der Waals surface area contributed by atoms with Gasteiger partial charge in [0, 0.05) is 32.2 Å². The van der Waals surface area contributed by atoms with Gasteiger partial charge in [-0.15, -0.1) is 0 Å². The molecule has 0 N–H and O–H groups in total. The minimum absolute atomic E-state index is 0.0886. The molecule has 2 aliphatic rings. The molecule has 1 aliphatic heterocycles. The first-order chi connectivity index (χ1) is 14.3. The molecule has 0 unspecified atom stereocenters. The lowest BCUT2D eigenvalue weighted by Gasteiger charge is -2.38. The molecule has 0 bridgehead atoms. The topological polar surface area (TPSA) is 41.4 Å². The molecule has 1 aromatic heterocycles. The Morgan fingerprint density at radius 1 is 1.07 bits per heavy atom. The van der Waals surface area contributed by atoms with Crippen LogP contribution in [0.5, 0.6) is 0 Å². The van der Waals surface area contributed by atoms with Crippen molar-refractivity contribution in [3.05, 3.63) is 46.8 Å². The summed E-state index contributed by atoms with van der Waals surface area (Å²) in [5, 5.41) is 4.39. The van der Waals surface area contributed by atoms with Crippen molar-refractivity contribution in [1.29, 1.82) is 0 Å². The Morgan fingerprint density at radius 3 is 2.37 bits per heavy atom. The van der Waals surface area contributed by atoms with Crippen LogP contribution in [0.25, 0.3) is 5.69 Å². The lowest BCUT2D eigenvalue weighted by atomic mass is 10.1. The zero-order chi connectivity index (χ0) is 21.5. The average molecular weight is 420 g/mol. The van der Waals surface area contributed by atoms with Crippen molar-refractivity contribution in [2.75, 3.05) is 26.2 Å². The van der Waals surface area contributed by atoms with E-state index in [9.17, 15) is 18.0 Å². The Kier molecular flexibility index (Phi) is 5.61. The smallest absolute Gasteiger partial charge is 0.336 e. The quantitative estimate of drug-likeness (QED) is 0.747. The summed E-state index contributed by atoms with van der Waals surface area (Å²) < 4.78 is 40.7. The van der Waals surface area contributed by atoms with Crippen LogP contribution in [-0.2, 0) is 6.18 Å². The second kappa shape index (κ2) is 8.06. The highest BCUT2D eigenvalue weighted by Crippen LogP contribution is 2.31.